The molecule has 0 saturated heterocycles. The molecule has 0 heterocycles. The Labute approximate surface area is 95.3 Å². The van der Waals surface area contributed by atoms with E-state index in [9.17, 15) is 5.11 Å². The molecule has 0 aromatic carbocycles. The first-order valence-electron chi connectivity index (χ1n) is 5.22. The smallest absolute Gasteiger partial charge is 0.139 e. The molecule has 0 atom stereocenters. The Kier molecular flexibility index (Phi) is 4.23. The average Bonchev–Trinajstić information content (AvgIpc) is 1.94. The summed E-state index contributed by atoms with van der Waals surface area (Å²) in [6, 6.07) is 0. The monoisotopic (exact) mass is 222 g/mol. The quantitative estimate of drug-likeness (QED) is 0.493. The third-order valence-corrected chi connectivity index (χ3v) is 7.18. The van der Waals surface area contributed by atoms with Crippen molar-refractivity contribution < 1.29 is 5.11 Å². The van der Waals surface area contributed by atoms with Gasteiger partial charge in [-0.2, -0.15) is 0 Å². The molecular weight excluding hydrogens is 200 g/mol. The maximum Gasteiger partial charge on any atom is 0.139 e. The van der Waals surface area contributed by atoms with Gasteiger partial charge in [0, 0.05) is 0 Å². The summed E-state index contributed by atoms with van der Waals surface area (Å²) >= 11 is 0. The Bertz CT molecular complexity index is 331. The molecule has 1 N–H and O–H groups in total. The molecule has 0 unspecified atom stereocenters. The number of hydrogen-bond acceptors (Lipinski definition) is 1. The largest absolute Gasteiger partial charge is 0.378 e. The van der Waals surface area contributed by atoms with E-state index in [-0.39, 0.29) is 5.04 Å². The van der Waals surface area contributed by atoms with Crippen LogP contribution in [0.25, 0.3) is 0 Å². The van der Waals surface area contributed by atoms with E-state index in [1.807, 2.05) is 0 Å². The fourth-order valence-electron chi connectivity index (χ4n) is 0.559. The van der Waals surface area contributed by atoms with E-state index in [4.69, 9.17) is 0 Å². The molecule has 0 rings (SSSR count). The van der Waals surface area contributed by atoms with Crippen molar-refractivity contribution in [3.05, 3.63) is 0 Å². The van der Waals surface area contributed by atoms with E-state index in [1.165, 1.54) is 0 Å². The maximum absolute atomic E-state index is 9.38. The first-order chi connectivity index (χ1) is 6.46. The summed E-state index contributed by atoms with van der Waals surface area (Å²) in [5.41, 5.74) is 2.33. The summed E-state index contributed by atoms with van der Waals surface area (Å²) < 4.78 is 0. The Morgan fingerprint density at radius 1 is 0.933 bits per heavy atom. The van der Waals surface area contributed by atoms with Gasteiger partial charge in [-0.15, -0.1) is 5.54 Å². The second-order valence-corrected chi connectivity index (χ2v) is 10.9. The van der Waals surface area contributed by atoms with Gasteiger partial charge in [0.1, 0.15) is 13.7 Å². The van der Waals surface area contributed by atoms with Crippen molar-refractivity contribution in [1.29, 1.82) is 0 Å². The average molecular weight is 222 g/mol. The molecule has 0 aliphatic heterocycles. The normalized spacial score (nSPS) is 12.3. The van der Waals surface area contributed by atoms with Gasteiger partial charge in [-0.1, -0.05) is 39.8 Å². The van der Waals surface area contributed by atoms with Gasteiger partial charge in [0.05, 0.1) is 0 Å². The van der Waals surface area contributed by atoms with Gasteiger partial charge in [0.2, 0.25) is 0 Å². The highest BCUT2D eigenvalue weighted by Crippen LogP contribution is 2.34. The molecular formula is C13H22OSi. The zero-order valence-electron chi connectivity index (χ0n) is 10.9. The summed E-state index contributed by atoms with van der Waals surface area (Å²) in [7, 11) is -1.55. The Morgan fingerprint density at radius 2 is 1.40 bits per heavy atom. The maximum atomic E-state index is 9.38. The van der Waals surface area contributed by atoms with E-state index in [2.05, 4.69) is 57.2 Å². The minimum Gasteiger partial charge on any atom is -0.378 e. The van der Waals surface area contributed by atoms with Crippen LogP contribution in [-0.4, -0.2) is 18.8 Å². The van der Waals surface area contributed by atoms with Crippen molar-refractivity contribution in [3.8, 4) is 23.3 Å². The van der Waals surface area contributed by atoms with Crippen LogP contribution in [0.5, 0.6) is 0 Å². The lowest BCUT2D eigenvalue weighted by molar-refractivity contribution is 0.143. The summed E-state index contributed by atoms with van der Waals surface area (Å²) in [4.78, 5) is 0. The highest BCUT2D eigenvalue weighted by molar-refractivity contribution is 6.87. The van der Waals surface area contributed by atoms with Gasteiger partial charge < -0.3 is 5.11 Å². The van der Waals surface area contributed by atoms with E-state index in [0.29, 0.717) is 0 Å². The number of hydrogen-bond donors (Lipinski definition) is 1. The predicted octanol–water partition coefficient (Wildman–Crippen LogP) is 2.81. The van der Waals surface area contributed by atoms with Gasteiger partial charge in [-0.05, 0) is 30.7 Å². The van der Waals surface area contributed by atoms with Crippen LogP contribution < -0.4 is 0 Å². The summed E-state index contributed by atoms with van der Waals surface area (Å²) in [6.07, 6.45) is 0. The van der Waals surface area contributed by atoms with Crippen LogP contribution in [0.1, 0.15) is 34.6 Å². The molecule has 0 spiro atoms. The van der Waals surface area contributed by atoms with Gasteiger partial charge in [0.15, 0.2) is 0 Å². The van der Waals surface area contributed by atoms with E-state index < -0.39 is 13.7 Å². The molecule has 0 aromatic heterocycles. The molecule has 2 heteroatoms. The lowest BCUT2D eigenvalue weighted by atomic mass is 10.1. The zero-order chi connectivity index (χ0) is 12.3. The molecule has 0 aliphatic carbocycles. The second kappa shape index (κ2) is 4.43. The van der Waals surface area contributed by atoms with Crippen molar-refractivity contribution in [2.75, 3.05) is 0 Å². The van der Waals surface area contributed by atoms with Crippen LogP contribution in [0.15, 0.2) is 0 Å². The summed E-state index contributed by atoms with van der Waals surface area (Å²) in [5, 5.41) is 9.64. The van der Waals surface area contributed by atoms with Gasteiger partial charge in [-0.3, -0.25) is 0 Å². The molecule has 0 bridgehead atoms. The lowest BCUT2D eigenvalue weighted by Crippen LogP contribution is -2.35. The Hall–Kier alpha value is -0.703. The molecule has 0 amide bonds. The van der Waals surface area contributed by atoms with E-state index >= 15 is 0 Å². The lowest BCUT2D eigenvalue weighted by Gasteiger charge is -2.31. The van der Waals surface area contributed by atoms with Crippen molar-refractivity contribution in [3.63, 3.8) is 0 Å². The van der Waals surface area contributed by atoms with Crippen molar-refractivity contribution in [2.45, 2.75) is 58.4 Å². The molecule has 15 heavy (non-hydrogen) atoms. The van der Waals surface area contributed by atoms with Crippen LogP contribution in [0, 0.1) is 23.3 Å². The van der Waals surface area contributed by atoms with Crippen LogP contribution in [-0.2, 0) is 0 Å². The van der Waals surface area contributed by atoms with Crippen molar-refractivity contribution in [1.82, 2.24) is 0 Å². The zero-order valence-corrected chi connectivity index (χ0v) is 11.9. The molecule has 0 fully saturated rings. The molecule has 0 aliphatic rings. The molecule has 0 radical (unpaired) electrons. The fourth-order valence-corrected chi connectivity index (χ4v) is 1.31. The van der Waals surface area contributed by atoms with E-state index in [1.54, 1.807) is 13.8 Å². The molecule has 84 valence electrons. The molecule has 0 saturated carbocycles. The van der Waals surface area contributed by atoms with Crippen LogP contribution in [0.2, 0.25) is 18.1 Å². The highest BCUT2D eigenvalue weighted by Gasteiger charge is 2.33. The third-order valence-electron chi connectivity index (χ3n) is 2.68. The SMILES string of the molecule is CC(C)(O)C#CC#C[Si](C)(C)C(C)(C)C. The predicted molar refractivity (Wildman–Crippen MR) is 69.0 cm³/mol. The van der Waals surface area contributed by atoms with E-state index in [0.717, 1.165) is 0 Å². The number of rotatable bonds is 0. The standard InChI is InChI=1S/C13H22OSi/c1-12(2,3)15(6,7)11-9-8-10-13(4,5)14/h14H,1-7H3. The van der Waals surface area contributed by atoms with Crippen LogP contribution in [0.3, 0.4) is 0 Å². The van der Waals surface area contributed by atoms with Crippen molar-refractivity contribution in [2.24, 2.45) is 0 Å². The van der Waals surface area contributed by atoms with Crippen LogP contribution >= 0.6 is 0 Å². The highest BCUT2D eigenvalue weighted by atomic mass is 28.3. The van der Waals surface area contributed by atoms with Crippen LogP contribution in [0.4, 0.5) is 0 Å². The minimum atomic E-state index is -1.55. The fraction of sp³-hybridized carbons (Fsp3) is 0.692. The van der Waals surface area contributed by atoms with Gasteiger partial charge in [0.25, 0.3) is 0 Å². The first-order valence-corrected chi connectivity index (χ1v) is 8.22. The van der Waals surface area contributed by atoms with Gasteiger partial charge >= 0.3 is 0 Å². The molecule has 0 aromatic rings. The Morgan fingerprint density at radius 3 is 1.73 bits per heavy atom. The molecule has 1 nitrogen and oxygen atoms in total. The minimum absolute atomic E-state index is 0.260. The first kappa shape index (κ1) is 14.3. The Balaban J connectivity index is 4.75. The summed E-state index contributed by atoms with van der Waals surface area (Å²) in [5.74, 6) is 8.31. The topological polar surface area (TPSA) is 20.2 Å². The third kappa shape index (κ3) is 5.67. The second-order valence-electron chi connectivity index (χ2n) is 5.93. The summed E-state index contributed by atoms with van der Waals surface area (Å²) in [6.45, 7) is 14.5. The number of aliphatic hydroxyl groups is 1. The van der Waals surface area contributed by atoms with Crippen molar-refractivity contribution >= 4 is 8.07 Å². The van der Waals surface area contributed by atoms with Gasteiger partial charge in [-0.25, -0.2) is 0 Å².